The summed E-state index contributed by atoms with van der Waals surface area (Å²) in [6.45, 7) is 7.76. The maximum Gasteiger partial charge on any atom is 0.119 e. The first-order valence-corrected chi connectivity index (χ1v) is 10.7. The molecule has 1 aliphatic heterocycles. The molecule has 0 spiro atoms. The zero-order valence-electron chi connectivity index (χ0n) is 17.3. The van der Waals surface area contributed by atoms with Crippen LogP contribution in [0.4, 0.5) is 0 Å². The minimum absolute atomic E-state index is 0.184. The van der Waals surface area contributed by atoms with Crippen molar-refractivity contribution in [3.8, 4) is 5.75 Å². The molecule has 26 heavy (non-hydrogen) atoms. The summed E-state index contributed by atoms with van der Waals surface area (Å²) in [6, 6.07) is 9.66. The summed E-state index contributed by atoms with van der Waals surface area (Å²) in [5, 5.41) is 0. The van der Waals surface area contributed by atoms with E-state index in [-0.39, 0.29) is 5.54 Å². The lowest BCUT2D eigenvalue weighted by atomic mass is 9.73. The average Bonchev–Trinajstić information content (AvgIpc) is 2.69. The fraction of sp³-hybridized carbons (Fsp3) is 0.739. The van der Waals surface area contributed by atoms with E-state index in [1.165, 1.54) is 63.6 Å². The molecule has 3 heteroatoms. The van der Waals surface area contributed by atoms with Crippen LogP contribution in [0.15, 0.2) is 24.3 Å². The number of rotatable bonds is 6. The number of hydrogen-bond acceptors (Lipinski definition) is 3. The van der Waals surface area contributed by atoms with Gasteiger partial charge in [-0.3, -0.25) is 4.90 Å². The maximum atomic E-state index is 5.64. The Balaban J connectivity index is 1.65. The van der Waals surface area contributed by atoms with E-state index >= 15 is 0 Å². The second-order valence-corrected chi connectivity index (χ2v) is 8.50. The van der Waals surface area contributed by atoms with Crippen molar-refractivity contribution in [3.05, 3.63) is 29.8 Å². The number of piperidine rings is 1. The van der Waals surface area contributed by atoms with Crippen molar-refractivity contribution in [2.24, 2.45) is 5.92 Å². The van der Waals surface area contributed by atoms with Gasteiger partial charge in [-0.05, 0) is 96.2 Å². The molecule has 0 aromatic heterocycles. The third-order valence-corrected chi connectivity index (χ3v) is 7.08. The van der Waals surface area contributed by atoms with Crippen molar-refractivity contribution in [1.29, 1.82) is 0 Å². The van der Waals surface area contributed by atoms with E-state index in [1.807, 2.05) is 6.92 Å². The quantitative estimate of drug-likeness (QED) is 0.719. The average molecular weight is 359 g/mol. The SMILES string of the molecule is CCOc1ccc(C2(N(C)C)CCC(N3CCC(CC)CC3)CC2)cc1. The van der Waals surface area contributed by atoms with Gasteiger partial charge in [0.1, 0.15) is 5.75 Å². The maximum absolute atomic E-state index is 5.64. The van der Waals surface area contributed by atoms with Crippen LogP contribution in [0.1, 0.15) is 64.4 Å². The van der Waals surface area contributed by atoms with Gasteiger partial charge in [-0.25, -0.2) is 0 Å². The molecule has 3 nitrogen and oxygen atoms in total. The molecule has 1 aromatic carbocycles. The third kappa shape index (κ3) is 4.09. The van der Waals surface area contributed by atoms with Gasteiger partial charge in [0, 0.05) is 11.6 Å². The Hall–Kier alpha value is -1.06. The van der Waals surface area contributed by atoms with Crippen LogP contribution in [-0.2, 0) is 5.54 Å². The zero-order valence-corrected chi connectivity index (χ0v) is 17.3. The van der Waals surface area contributed by atoms with Gasteiger partial charge in [-0.2, -0.15) is 0 Å². The van der Waals surface area contributed by atoms with Crippen molar-refractivity contribution in [2.75, 3.05) is 33.8 Å². The Bertz CT molecular complexity index is 538. The summed E-state index contributed by atoms with van der Waals surface area (Å²) in [5.74, 6) is 1.96. The fourth-order valence-corrected chi connectivity index (χ4v) is 5.19. The summed E-state index contributed by atoms with van der Waals surface area (Å²) in [7, 11) is 4.51. The van der Waals surface area contributed by atoms with E-state index in [0.717, 1.165) is 24.3 Å². The van der Waals surface area contributed by atoms with Gasteiger partial charge >= 0.3 is 0 Å². The van der Waals surface area contributed by atoms with Crippen molar-refractivity contribution in [1.82, 2.24) is 9.80 Å². The predicted molar refractivity (Wildman–Crippen MR) is 110 cm³/mol. The molecule has 0 unspecified atom stereocenters. The lowest BCUT2D eigenvalue weighted by molar-refractivity contribution is 0.0354. The smallest absolute Gasteiger partial charge is 0.119 e. The van der Waals surface area contributed by atoms with Crippen LogP contribution < -0.4 is 4.74 Å². The lowest BCUT2D eigenvalue weighted by Crippen LogP contribution is -2.50. The fourth-order valence-electron chi connectivity index (χ4n) is 5.19. The van der Waals surface area contributed by atoms with Crippen LogP contribution in [0.25, 0.3) is 0 Å². The molecule has 1 saturated carbocycles. The van der Waals surface area contributed by atoms with Crippen LogP contribution in [0.2, 0.25) is 0 Å². The summed E-state index contributed by atoms with van der Waals surface area (Å²) in [5.41, 5.74) is 1.64. The molecule has 1 saturated heterocycles. The summed E-state index contributed by atoms with van der Waals surface area (Å²) >= 11 is 0. The zero-order chi connectivity index (χ0) is 18.6. The molecule has 2 aliphatic rings. The second-order valence-electron chi connectivity index (χ2n) is 8.50. The van der Waals surface area contributed by atoms with Crippen molar-refractivity contribution in [2.45, 2.75) is 70.4 Å². The molecular weight excluding hydrogens is 320 g/mol. The Morgan fingerprint density at radius 2 is 1.62 bits per heavy atom. The molecule has 0 amide bonds. The Morgan fingerprint density at radius 3 is 2.12 bits per heavy atom. The third-order valence-electron chi connectivity index (χ3n) is 7.08. The number of benzene rings is 1. The topological polar surface area (TPSA) is 15.7 Å². The largest absolute Gasteiger partial charge is 0.494 e. The molecule has 0 N–H and O–H groups in total. The van der Waals surface area contributed by atoms with Gasteiger partial charge in [0.05, 0.1) is 6.61 Å². The first-order chi connectivity index (χ1) is 12.6. The normalized spacial score (nSPS) is 28.4. The standard InChI is InChI=1S/C23H38N2O/c1-5-19-13-17-25(18-14-19)21-11-15-23(16-12-21,24(3)4)20-7-9-22(10-8-20)26-6-2/h7-10,19,21H,5-6,11-18H2,1-4H3. The molecule has 2 fully saturated rings. The van der Waals surface area contributed by atoms with E-state index in [4.69, 9.17) is 4.74 Å². The highest BCUT2D eigenvalue weighted by atomic mass is 16.5. The number of ether oxygens (including phenoxy) is 1. The van der Waals surface area contributed by atoms with Crippen LogP contribution in [-0.4, -0.2) is 49.6 Å². The van der Waals surface area contributed by atoms with E-state index in [9.17, 15) is 0 Å². The number of hydrogen-bond donors (Lipinski definition) is 0. The van der Waals surface area contributed by atoms with Gasteiger partial charge in [-0.1, -0.05) is 25.5 Å². The van der Waals surface area contributed by atoms with Crippen LogP contribution in [0.3, 0.4) is 0 Å². The molecule has 1 aromatic rings. The molecule has 1 aliphatic carbocycles. The molecule has 146 valence electrons. The lowest BCUT2D eigenvalue weighted by Gasteiger charge is -2.48. The molecule has 0 atom stereocenters. The van der Waals surface area contributed by atoms with Crippen molar-refractivity contribution < 1.29 is 4.74 Å². The van der Waals surface area contributed by atoms with Gasteiger partial charge < -0.3 is 9.64 Å². The molecule has 1 heterocycles. The Labute approximate surface area is 160 Å². The monoisotopic (exact) mass is 358 g/mol. The molecular formula is C23H38N2O. The first-order valence-electron chi connectivity index (χ1n) is 10.7. The van der Waals surface area contributed by atoms with Crippen LogP contribution >= 0.6 is 0 Å². The van der Waals surface area contributed by atoms with Gasteiger partial charge in [0.15, 0.2) is 0 Å². The number of likely N-dealkylation sites (tertiary alicyclic amines) is 1. The summed E-state index contributed by atoms with van der Waals surface area (Å²) in [6.07, 6.45) is 9.33. The van der Waals surface area contributed by atoms with E-state index in [2.05, 4.69) is 55.1 Å². The van der Waals surface area contributed by atoms with Crippen LogP contribution in [0, 0.1) is 5.92 Å². The Morgan fingerprint density at radius 1 is 1.00 bits per heavy atom. The molecule has 3 rings (SSSR count). The summed E-state index contributed by atoms with van der Waals surface area (Å²) < 4.78 is 5.64. The molecule has 0 radical (unpaired) electrons. The van der Waals surface area contributed by atoms with Crippen LogP contribution in [0.5, 0.6) is 5.75 Å². The highest BCUT2D eigenvalue weighted by Crippen LogP contribution is 2.43. The highest BCUT2D eigenvalue weighted by Gasteiger charge is 2.40. The summed E-state index contributed by atoms with van der Waals surface area (Å²) in [4.78, 5) is 5.26. The number of nitrogens with zero attached hydrogens (tertiary/aromatic N) is 2. The van der Waals surface area contributed by atoms with E-state index in [1.54, 1.807) is 0 Å². The van der Waals surface area contributed by atoms with Crippen molar-refractivity contribution >= 4 is 0 Å². The van der Waals surface area contributed by atoms with Gasteiger partial charge in [-0.15, -0.1) is 0 Å². The van der Waals surface area contributed by atoms with E-state index in [0.29, 0.717) is 0 Å². The first kappa shape index (κ1) is 19.7. The van der Waals surface area contributed by atoms with Crippen molar-refractivity contribution in [3.63, 3.8) is 0 Å². The minimum Gasteiger partial charge on any atom is -0.494 e. The van der Waals surface area contributed by atoms with Gasteiger partial charge in [0.25, 0.3) is 0 Å². The van der Waals surface area contributed by atoms with Gasteiger partial charge in [0.2, 0.25) is 0 Å². The highest BCUT2D eigenvalue weighted by molar-refractivity contribution is 5.32. The second kappa shape index (κ2) is 8.75. The predicted octanol–water partition coefficient (Wildman–Crippen LogP) is 4.91. The van der Waals surface area contributed by atoms with E-state index < -0.39 is 0 Å². The Kier molecular flexibility index (Phi) is 6.63. The molecule has 0 bridgehead atoms. The minimum atomic E-state index is 0.184.